The molecule has 3 heteroatoms. The molecule has 1 atom stereocenters. The fourth-order valence-electron chi connectivity index (χ4n) is 3.45. The molecular weight excluding hydrogens is 272 g/mol. The summed E-state index contributed by atoms with van der Waals surface area (Å²) in [5.41, 5.74) is 4.19. The van der Waals surface area contributed by atoms with Crippen molar-refractivity contribution in [3.8, 4) is 0 Å². The van der Waals surface area contributed by atoms with E-state index in [1.54, 1.807) is 0 Å². The largest absolute Gasteiger partial charge is 0.396 e. The maximum Gasteiger partial charge on any atom is 0.0443 e. The van der Waals surface area contributed by atoms with Gasteiger partial charge in [0.2, 0.25) is 0 Å². The van der Waals surface area contributed by atoms with Crippen molar-refractivity contribution in [3.05, 3.63) is 65.5 Å². The Morgan fingerprint density at radius 1 is 1.18 bits per heavy atom. The van der Waals surface area contributed by atoms with Crippen LogP contribution in [0.4, 0.5) is 0 Å². The average molecular weight is 296 g/mol. The highest BCUT2D eigenvalue weighted by atomic mass is 16.3. The molecular formula is C19H24N2O. The summed E-state index contributed by atoms with van der Waals surface area (Å²) in [5, 5.41) is 9.24. The zero-order chi connectivity index (χ0) is 15.2. The van der Waals surface area contributed by atoms with E-state index >= 15 is 0 Å². The lowest BCUT2D eigenvalue weighted by Crippen LogP contribution is -2.32. The molecule has 0 bridgehead atoms. The van der Waals surface area contributed by atoms with Gasteiger partial charge in [-0.1, -0.05) is 30.3 Å². The first-order valence-electron chi connectivity index (χ1n) is 8.20. The highest BCUT2D eigenvalue weighted by Gasteiger charge is 2.25. The number of hydrogen-bond donors (Lipinski definition) is 1. The van der Waals surface area contributed by atoms with Gasteiger partial charge < -0.3 is 5.11 Å². The van der Waals surface area contributed by atoms with Gasteiger partial charge in [-0.3, -0.25) is 9.88 Å². The molecule has 3 nitrogen and oxygen atoms in total. The van der Waals surface area contributed by atoms with Crippen LogP contribution in [0.5, 0.6) is 0 Å². The van der Waals surface area contributed by atoms with Gasteiger partial charge >= 0.3 is 0 Å². The van der Waals surface area contributed by atoms with Gasteiger partial charge in [-0.05, 0) is 48.4 Å². The first kappa shape index (κ1) is 15.2. The summed E-state index contributed by atoms with van der Waals surface area (Å²) in [6.45, 7) is 2.06. The molecule has 1 unspecified atom stereocenters. The Morgan fingerprint density at radius 2 is 2.09 bits per heavy atom. The highest BCUT2D eigenvalue weighted by Crippen LogP contribution is 2.35. The van der Waals surface area contributed by atoms with Gasteiger partial charge in [0.25, 0.3) is 0 Å². The molecule has 1 aliphatic carbocycles. The van der Waals surface area contributed by atoms with Crippen LogP contribution >= 0.6 is 0 Å². The van der Waals surface area contributed by atoms with Crippen LogP contribution in [-0.4, -0.2) is 28.1 Å². The fraction of sp³-hybridized carbons (Fsp3) is 0.421. The van der Waals surface area contributed by atoms with Crippen molar-refractivity contribution >= 4 is 0 Å². The smallest absolute Gasteiger partial charge is 0.0443 e. The van der Waals surface area contributed by atoms with Gasteiger partial charge in [-0.2, -0.15) is 0 Å². The molecule has 0 spiro atoms. The van der Waals surface area contributed by atoms with Gasteiger partial charge in [0.1, 0.15) is 0 Å². The fourth-order valence-corrected chi connectivity index (χ4v) is 3.45. The summed E-state index contributed by atoms with van der Waals surface area (Å²) >= 11 is 0. The minimum Gasteiger partial charge on any atom is -0.396 e. The normalized spacial score (nSPS) is 17.5. The molecule has 1 N–H and O–H groups in total. The second-order valence-corrected chi connectivity index (χ2v) is 6.02. The third kappa shape index (κ3) is 3.54. The monoisotopic (exact) mass is 296 g/mol. The Labute approximate surface area is 132 Å². The number of aromatic nitrogens is 1. The van der Waals surface area contributed by atoms with E-state index in [4.69, 9.17) is 0 Å². The number of rotatable bonds is 6. The van der Waals surface area contributed by atoms with Crippen LogP contribution in [0.3, 0.4) is 0 Å². The molecule has 2 aromatic rings. The van der Waals surface area contributed by atoms with Gasteiger partial charge in [-0.15, -0.1) is 0 Å². The molecule has 0 saturated carbocycles. The van der Waals surface area contributed by atoms with Crippen molar-refractivity contribution in [1.82, 2.24) is 9.88 Å². The molecule has 22 heavy (non-hydrogen) atoms. The standard InChI is InChI=1S/C19H24N2O/c22-13-5-12-21(15-16-6-4-11-20-14-16)19-10-3-8-17-7-1-2-9-18(17)19/h1-2,4,6-7,9,11,14,19,22H,3,5,8,10,12-13,15H2. The number of nitrogens with zero attached hydrogens (tertiary/aromatic N) is 2. The van der Waals surface area contributed by atoms with Crippen LogP contribution in [0.1, 0.15) is 42.0 Å². The topological polar surface area (TPSA) is 36.4 Å². The Hall–Kier alpha value is -1.71. The molecule has 1 aromatic carbocycles. The van der Waals surface area contributed by atoms with E-state index in [2.05, 4.69) is 40.2 Å². The number of aryl methyl sites for hydroxylation is 1. The van der Waals surface area contributed by atoms with Gasteiger partial charge in [0, 0.05) is 38.1 Å². The third-order valence-electron chi connectivity index (χ3n) is 4.49. The molecule has 0 radical (unpaired) electrons. The van der Waals surface area contributed by atoms with Crippen molar-refractivity contribution in [2.45, 2.75) is 38.3 Å². The number of pyridine rings is 1. The van der Waals surface area contributed by atoms with Crippen molar-refractivity contribution in [3.63, 3.8) is 0 Å². The van der Waals surface area contributed by atoms with Crippen molar-refractivity contribution in [1.29, 1.82) is 0 Å². The predicted molar refractivity (Wildman–Crippen MR) is 88.5 cm³/mol. The molecule has 3 rings (SSSR count). The summed E-state index contributed by atoms with van der Waals surface area (Å²) in [6, 6.07) is 13.4. The quantitative estimate of drug-likeness (QED) is 0.888. The van der Waals surface area contributed by atoms with Gasteiger partial charge in [0.15, 0.2) is 0 Å². The molecule has 1 aliphatic rings. The van der Waals surface area contributed by atoms with E-state index < -0.39 is 0 Å². The molecule has 1 heterocycles. The Kier molecular flexibility index (Phi) is 5.20. The van der Waals surface area contributed by atoms with Gasteiger partial charge in [0.05, 0.1) is 0 Å². The SMILES string of the molecule is OCCCN(Cc1cccnc1)C1CCCc2ccccc21. The minimum atomic E-state index is 0.248. The number of hydrogen-bond acceptors (Lipinski definition) is 3. The Morgan fingerprint density at radius 3 is 2.91 bits per heavy atom. The first-order chi connectivity index (χ1) is 10.9. The van der Waals surface area contributed by atoms with E-state index in [0.29, 0.717) is 6.04 Å². The predicted octanol–water partition coefficient (Wildman–Crippen LogP) is 3.34. The summed E-state index contributed by atoms with van der Waals surface area (Å²) in [5.74, 6) is 0. The van der Waals surface area contributed by atoms with E-state index in [9.17, 15) is 5.11 Å². The summed E-state index contributed by atoms with van der Waals surface area (Å²) < 4.78 is 0. The molecule has 0 fully saturated rings. The molecule has 116 valence electrons. The average Bonchev–Trinajstić information content (AvgIpc) is 2.59. The maximum absolute atomic E-state index is 9.24. The lowest BCUT2D eigenvalue weighted by atomic mass is 9.86. The molecule has 1 aromatic heterocycles. The Balaban J connectivity index is 1.83. The molecule has 0 aliphatic heterocycles. The number of aliphatic hydroxyl groups is 1. The molecule has 0 amide bonds. The second kappa shape index (κ2) is 7.52. The van der Waals surface area contributed by atoms with Crippen LogP contribution in [0.15, 0.2) is 48.8 Å². The van der Waals surface area contributed by atoms with Gasteiger partial charge in [-0.25, -0.2) is 0 Å². The first-order valence-corrected chi connectivity index (χ1v) is 8.20. The van der Waals surface area contributed by atoms with E-state index in [-0.39, 0.29) is 6.61 Å². The van der Waals surface area contributed by atoms with Crippen LogP contribution in [0, 0.1) is 0 Å². The summed E-state index contributed by atoms with van der Waals surface area (Å²) in [6.07, 6.45) is 8.21. The van der Waals surface area contributed by atoms with Crippen molar-refractivity contribution in [2.24, 2.45) is 0 Å². The van der Waals surface area contributed by atoms with Crippen LogP contribution < -0.4 is 0 Å². The lowest BCUT2D eigenvalue weighted by molar-refractivity contribution is 0.152. The zero-order valence-corrected chi connectivity index (χ0v) is 13.0. The number of benzene rings is 1. The number of fused-ring (bicyclic) bond motifs is 1. The highest BCUT2D eigenvalue weighted by molar-refractivity contribution is 5.32. The summed E-state index contributed by atoms with van der Waals surface area (Å²) in [4.78, 5) is 6.74. The van der Waals surface area contributed by atoms with E-state index in [1.807, 2.05) is 18.5 Å². The number of aliphatic hydroxyl groups excluding tert-OH is 1. The van der Waals surface area contributed by atoms with Crippen LogP contribution in [0.25, 0.3) is 0 Å². The van der Waals surface area contributed by atoms with E-state index in [0.717, 1.165) is 19.5 Å². The minimum absolute atomic E-state index is 0.248. The Bertz CT molecular complexity index is 585. The van der Waals surface area contributed by atoms with Crippen molar-refractivity contribution < 1.29 is 5.11 Å². The second-order valence-electron chi connectivity index (χ2n) is 6.02. The summed E-state index contributed by atoms with van der Waals surface area (Å²) in [7, 11) is 0. The maximum atomic E-state index is 9.24. The molecule has 0 saturated heterocycles. The van der Waals surface area contributed by atoms with Crippen LogP contribution in [0.2, 0.25) is 0 Å². The van der Waals surface area contributed by atoms with Crippen LogP contribution in [-0.2, 0) is 13.0 Å². The van der Waals surface area contributed by atoms with Crippen molar-refractivity contribution in [2.75, 3.05) is 13.2 Å². The third-order valence-corrected chi connectivity index (χ3v) is 4.49. The zero-order valence-electron chi connectivity index (χ0n) is 13.0. The van der Waals surface area contributed by atoms with E-state index in [1.165, 1.54) is 36.0 Å². The lowest BCUT2D eigenvalue weighted by Gasteiger charge is -2.36.